The fourth-order valence-corrected chi connectivity index (χ4v) is 1.51. The van der Waals surface area contributed by atoms with Crippen LogP contribution < -0.4 is 0 Å². The van der Waals surface area contributed by atoms with Gasteiger partial charge in [0, 0.05) is 12.1 Å². The highest BCUT2D eigenvalue weighted by Gasteiger charge is 2.23. The lowest BCUT2D eigenvalue weighted by molar-refractivity contribution is -0.384. The predicted molar refractivity (Wildman–Crippen MR) is 61.7 cm³/mol. The average Bonchev–Trinajstić information content (AvgIpc) is 2.29. The van der Waals surface area contributed by atoms with Crippen LogP contribution in [-0.2, 0) is 9.59 Å². The topological polar surface area (TPSA) is 77.3 Å². The number of carbonyl (C=O) groups is 2. The number of allylic oxidation sites excluding steroid dienone is 1. The molecule has 1 rings (SSSR count). The largest absolute Gasteiger partial charge is 0.299 e. The van der Waals surface area contributed by atoms with Crippen LogP contribution in [0, 0.1) is 10.1 Å². The molecule has 1 aromatic rings. The van der Waals surface area contributed by atoms with Crippen LogP contribution in [0.25, 0.3) is 0 Å². The maximum atomic E-state index is 11.5. The van der Waals surface area contributed by atoms with Crippen molar-refractivity contribution in [2.75, 3.05) is 0 Å². The van der Waals surface area contributed by atoms with E-state index in [4.69, 9.17) is 0 Å². The van der Waals surface area contributed by atoms with Crippen molar-refractivity contribution in [3.8, 4) is 0 Å². The highest BCUT2D eigenvalue weighted by atomic mass is 16.6. The molecule has 5 heteroatoms. The van der Waals surface area contributed by atoms with Crippen LogP contribution in [0.5, 0.6) is 0 Å². The lowest BCUT2D eigenvalue weighted by Crippen LogP contribution is -2.17. The molecule has 88 valence electrons. The maximum absolute atomic E-state index is 11.5. The number of rotatable bonds is 5. The molecule has 17 heavy (non-hydrogen) atoms. The van der Waals surface area contributed by atoms with Crippen LogP contribution in [0.15, 0.2) is 36.9 Å². The van der Waals surface area contributed by atoms with Crippen molar-refractivity contribution in [2.45, 2.75) is 12.8 Å². The molecule has 0 aliphatic rings. The van der Waals surface area contributed by atoms with Crippen LogP contribution in [0.3, 0.4) is 0 Å². The molecule has 0 saturated carbocycles. The van der Waals surface area contributed by atoms with Crippen molar-refractivity contribution in [3.05, 3.63) is 52.6 Å². The summed E-state index contributed by atoms with van der Waals surface area (Å²) in [5.74, 6) is -1.65. The van der Waals surface area contributed by atoms with E-state index in [1.54, 1.807) is 0 Å². The smallest absolute Gasteiger partial charge is 0.269 e. The van der Waals surface area contributed by atoms with Gasteiger partial charge in [0.25, 0.3) is 5.69 Å². The van der Waals surface area contributed by atoms with Crippen molar-refractivity contribution < 1.29 is 14.5 Å². The Kier molecular flexibility index (Phi) is 3.87. The minimum absolute atomic E-state index is 0.0814. The molecular weight excluding hydrogens is 222 g/mol. The van der Waals surface area contributed by atoms with Gasteiger partial charge in [-0.2, -0.15) is 0 Å². The number of hydrogen-bond donors (Lipinski definition) is 0. The predicted octanol–water partition coefficient (Wildman–Crippen LogP) is 2.02. The molecule has 0 N–H and O–H groups in total. The Bertz CT molecular complexity index is 476. The number of nitro benzene ring substituents is 1. The van der Waals surface area contributed by atoms with Gasteiger partial charge in [0.15, 0.2) is 5.78 Å². The lowest BCUT2D eigenvalue weighted by atomic mass is 9.91. The van der Waals surface area contributed by atoms with Gasteiger partial charge in [-0.3, -0.25) is 19.7 Å². The lowest BCUT2D eigenvalue weighted by Gasteiger charge is -2.10. The summed E-state index contributed by atoms with van der Waals surface area (Å²) in [6.07, 6.45) is 1.08. The Morgan fingerprint density at radius 2 is 1.88 bits per heavy atom. The minimum Gasteiger partial charge on any atom is -0.299 e. The number of non-ortho nitro benzene ring substituents is 1. The second-order valence-corrected chi connectivity index (χ2v) is 3.50. The van der Waals surface area contributed by atoms with Gasteiger partial charge in [-0.1, -0.05) is 18.7 Å². The Hall–Kier alpha value is -2.30. The molecule has 0 heterocycles. The fourth-order valence-electron chi connectivity index (χ4n) is 1.51. The molecule has 1 aromatic carbocycles. The van der Waals surface area contributed by atoms with E-state index < -0.39 is 16.6 Å². The van der Waals surface area contributed by atoms with E-state index in [1.165, 1.54) is 31.2 Å². The first-order valence-corrected chi connectivity index (χ1v) is 4.88. The van der Waals surface area contributed by atoms with Crippen molar-refractivity contribution in [1.29, 1.82) is 0 Å². The van der Waals surface area contributed by atoms with Crippen molar-refractivity contribution in [2.24, 2.45) is 0 Å². The summed E-state index contributed by atoms with van der Waals surface area (Å²) in [5.41, 5.74) is 0.357. The number of ketones is 2. The molecule has 1 unspecified atom stereocenters. The Morgan fingerprint density at radius 3 is 2.24 bits per heavy atom. The second-order valence-electron chi connectivity index (χ2n) is 3.50. The molecule has 0 bridgehead atoms. The number of carbonyl (C=O) groups excluding carboxylic acids is 2. The SMILES string of the molecule is C=CC(=O)C(C(C)=O)c1ccc([N+](=O)[O-])cc1. The van der Waals surface area contributed by atoms with Gasteiger partial charge in [0.1, 0.15) is 11.7 Å². The van der Waals surface area contributed by atoms with Crippen LogP contribution in [0.1, 0.15) is 18.4 Å². The van der Waals surface area contributed by atoms with Gasteiger partial charge in [0.2, 0.25) is 0 Å². The van der Waals surface area contributed by atoms with Gasteiger partial charge in [-0.05, 0) is 18.6 Å². The van der Waals surface area contributed by atoms with Crippen LogP contribution in [0.2, 0.25) is 0 Å². The zero-order valence-electron chi connectivity index (χ0n) is 9.25. The molecule has 1 atom stereocenters. The summed E-state index contributed by atoms with van der Waals surface area (Å²) in [4.78, 5) is 32.8. The summed E-state index contributed by atoms with van der Waals surface area (Å²) in [5, 5.41) is 10.5. The van der Waals surface area contributed by atoms with Crippen molar-refractivity contribution in [1.82, 2.24) is 0 Å². The highest BCUT2D eigenvalue weighted by molar-refractivity contribution is 6.11. The molecular formula is C12H11NO4. The van der Waals surface area contributed by atoms with E-state index in [-0.39, 0.29) is 11.5 Å². The Labute approximate surface area is 97.9 Å². The molecule has 0 fully saturated rings. The van der Waals surface area contributed by atoms with E-state index in [9.17, 15) is 19.7 Å². The molecule has 0 radical (unpaired) electrons. The van der Waals surface area contributed by atoms with Gasteiger partial charge in [0.05, 0.1) is 4.92 Å². The number of Topliss-reactive ketones (excluding diaryl/α,β-unsaturated/α-hetero) is 1. The maximum Gasteiger partial charge on any atom is 0.269 e. The molecule has 0 aromatic heterocycles. The summed E-state index contributed by atoms with van der Waals surface area (Å²) in [6, 6.07) is 5.35. The third-order valence-corrected chi connectivity index (χ3v) is 2.33. The number of nitrogens with zero attached hydrogens (tertiary/aromatic N) is 1. The van der Waals surface area contributed by atoms with Crippen molar-refractivity contribution in [3.63, 3.8) is 0 Å². The van der Waals surface area contributed by atoms with Crippen LogP contribution >= 0.6 is 0 Å². The molecule has 5 nitrogen and oxygen atoms in total. The number of nitro groups is 1. The van der Waals surface area contributed by atoms with Gasteiger partial charge in [-0.15, -0.1) is 0 Å². The standard InChI is InChI=1S/C12H11NO4/c1-3-11(15)12(8(2)14)9-4-6-10(7-5-9)13(16)17/h3-7,12H,1H2,2H3. The van der Waals surface area contributed by atoms with E-state index in [1.807, 2.05) is 0 Å². The molecule has 0 aliphatic carbocycles. The zero-order chi connectivity index (χ0) is 13.0. The van der Waals surface area contributed by atoms with Gasteiger partial charge < -0.3 is 0 Å². The van der Waals surface area contributed by atoms with E-state index in [2.05, 4.69) is 6.58 Å². The zero-order valence-corrected chi connectivity index (χ0v) is 9.25. The molecule has 0 aliphatic heterocycles. The Morgan fingerprint density at radius 1 is 1.35 bits per heavy atom. The average molecular weight is 233 g/mol. The number of benzene rings is 1. The summed E-state index contributed by atoms with van der Waals surface area (Å²) < 4.78 is 0. The van der Waals surface area contributed by atoms with Gasteiger partial charge >= 0.3 is 0 Å². The Balaban J connectivity index is 3.12. The molecule has 0 saturated heterocycles. The third-order valence-electron chi connectivity index (χ3n) is 2.33. The highest BCUT2D eigenvalue weighted by Crippen LogP contribution is 2.21. The van der Waals surface area contributed by atoms with Crippen LogP contribution in [0.4, 0.5) is 5.69 Å². The summed E-state index contributed by atoms with van der Waals surface area (Å²) in [7, 11) is 0. The number of hydrogen-bond acceptors (Lipinski definition) is 4. The third kappa shape index (κ3) is 2.84. The quantitative estimate of drug-likeness (QED) is 0.337. The first kappa shape index (κ1) is 12.8. The normalized spacial score (nSPS) is 11.6. The molecule has 0 amide bonds. The first-order valence-electron chi connectivity index (χ1n) is 4.88. The van der Waals surface area contributed by atoms with E-state index in [0.717, 1.165) is 6.08 Å². The minimum atomic E-state index is -0.923. The monoisotopic (exact) mass is 233 g/mol. The second kappa shape index (κ2) is 5.16. The first-order chi connectivity index (χ1) is 7.97. The van der Waals surface area contributed by atoms with E-state index in [0.29, 0.717) is 5.56 Å². The fraction of sp³-hybridized carbons (Fsp3) is 0.167. The van der Waals surface area contributed by atoms with Crippen molar-refractivity contribution >= 4 is 17.3 Å². The van der Waals surface area contributed by atoms with Gasteiger partial charge in [-0.25, -0.2) is 0 Å². The van der Waals surface area contributed by atoms with Crippen LogP contribution in [-0.4, -0.2) is 16.5 Å². The summed E-state index contributed by atoms with van der Waals surface area (Å²) >= 11 is 0. The van der Waals surface area contributed by atoms with E-state index >= 15 is 0 Å². The summed E-state index contributed by atoms with van der Waals surface area (Å²) in [6.45, 7) is 4.62. The molecule has 0 spiro atoms.